The van der Waals surface area contributed by atoms with E-state index in [9.17, 15) is 14.9 Å². The summed E-state index contributed by atoms with van der Waals surface area (Å²) in [6.07, 6.45) is 0. The Morgan fingerprint density at radius 1 is 0.829 bits per heavy atom. The van der Waals surface area contributed by atoms with Crippen LogP contribution in [0, 0.1) is 10.1 Å². The van der Waals surface area contributed by atoms with E-state index in [0.29, 0.717) is 33.6 Å². The van der Waals surface area contributed by atoms with Gasteiger partial charge in [-0.2, -0.15) is 15.2 Å². The minimum absolute atomic E-state index is 0.0416. The highest BCUT2D eigenvalue weighted by molar-refractivity contribution is 7.14. The molecule has 5 aromatic rings. The lowest BCUT2D eigenvalue weighted by molar-refractivity contribution is -0.384. The normalized spacial score (nSPS) is 13.8. The van der Waals surface area contributed by atoms with E-state index in [4.69, 9.17) is 4.74 Å². The van der Waals surface area contributed by atoms with Crippen LogP contribution in [0.3, 0.4) is 0 Å². The molecule has 1 aliphatic heterocycles. The van der Waals surface area contributed by atoms with E-state index in [0.717, 1.165) is 5.56 Å². The lowest BCUT2D eigenvalue weighted by Gasteiger charge is -2.08. The van der Waals surface area contributed by atoms with Gasteiger partial charge in [0.05, 0.1) is 16.3 Å². The molecule has 2 heterocycles. The monoisotopic (exact) mass is 560 g/mol. The van der Waals surface area contributed by atoms with E-state index in [2.05, 4.69) is 20.6 Å². The number of para-hydroxylation sites is 1. The number of amides is 1. The first kappa shape index (κ1) is 25.6. The van der Waals surface area contributed by atoms with Crippen molar-refractivity contribution >= 4 is 45.2 Å². The van der Waals surface area contributed by atoms with Crippen molar-refractivity contribution in [2.75, 3.05) is 10.4 Å². The van der Waals surface area contributed by atoms with Crippen LogP contribution in [-0.4, -0.2) is 27.2 Å². The van der Waals surface area contributed by atoms with E-state index < -0.39 is 10.8 Å². The minimum Gasteiger partial charge on any atom is -0.457 e. The standard InChI is InChI=1S/C30H20N6O4S/c37-29-28(33-32-22-13-17-25(18-14-22)40-24-9-5-2-6-10-24)27(21-11-15-23(16-12-21)36(38)39)34-35(29)30-31-26(19-41-30)20-7-3-1-4-8-20/h1-19,32H. The molecule has 0 saturated heterocycles. The molecule has 1 N–H and O–H groups in total. The second-order valence-electron chi connectivity index (χ2n) is 8.76. The average Bonchev–Trinajstić information content (AvgIpc) is 3.63. The molecule has 0 fully saturated rings. The zero-order chi connectivity index (χ0) is 28.2. The Kier molecular flexibility index (Phi) is 6.99. The first-order valence-corrected chi connectivity index (χ1v) is 13.3. The third-order valence-corrected chi connectivity index (χ3v) is 6.86. The van der Waals surface area contributed by atoms with Crippen LogP contribution in [0.25, 0.3) is 11.3 Å². The number of aromatic nitrogens is 1. The van der Waals surface area contributed by atoms with Crippen LogP contribution >= 0.6 is 11.3 Å². The van der Waals surface area contributed by atoms with Crippen LogP contribution in [0.2, 0.25) is 0 Å². The van der Waals surface area contributed by atoms with Gasteiger partial charge in [-0.1, -0.05) is 48.5 Å². The Morgan fingerprint density at radius 2 is 1.49 bits per heavy atom. The van der Waals surface area contributed by atoms with Crippen molar-refractivity contribution < 1.29 is 14.5 Å². The first-order chi connectivity index (χ1) is 20.0. The highest BCUT2D eigenvalue weighted by atomic mass is 32.1. The zero-order valence-corrected chi connectivity index (χ0v) is 22.1. The van der Waals surface area contributed by atoms with E-state index in [-0.39, 0.29) is 17.1 Å². The smallest absolute Gasteiger partial charge is 0.303 e. The number of nitrogens with zero attached hydrogens (tertiary/aromatic N) is 5. The molecule has 0 unspecified atom stereocenters. The largest absolute Gasteiger partial charge is 0.457 e. The van der Waals surface area contributed by atoms with Crippen molar-refractivity contribution in [2.24, 2.45) is 10.2 Å². The molecule has 1 amide bonds. The molecular formula is C30H20N6O4S. The van der Waals surface area contributed by atoms with Gasteiger partial charge in [0.15, 0.2) is 5.71 Å². The number of carbonyl (C=O) groups is 1. The van der Waals surface area contributed by atoms with Crippen LogP contribution in [-0.2, 0) is 4.79 Å². The van der Waals surface area contributed by atoms with E-state index in [1.165, 1.54) is 40.6 Å². The molecular weight excluding hydrogens is 540 g/mol. The minimum atomic E-state index is -0.486. The number of non-ortho nitro benzene ring substituents is 1. The Bertz CT molecular complexity index is 1770. The van der Waals surface area contributed by atoms with Gasteiger partial charge in [-0.05, 0) is 48.5 Å². The topological polar surface area (TPSA) is 122 Å². The SMILES string of the molecule is O=C1C(=NNc2ccc(Oc3ccccc3)cc2)C(c2ccc([N+](=O)[O-])cc2)=NN1c1nc(-c2ccccc2)cs1. The van der Waals surface area contributed by atoms with Gasteiger partial charge >= 0.3 is 5.91 Å². The summed E-state index contributed by atoms with van der Waals surface area (Å²) in [6, 6.07) is 31.9. The summed E-state index contributed by atoms with van der Waals surface area (Å²) in [4.78, 5) is 28.9. The number of benzene rings is 4. The number of hydrazone groups is 2. The zero-order valence-electron chi connectivity index (χ0n) is 21.2. The van der Waals surface area contributed by atoms with Gasteiger partial charge in [-0.25, -0.2) is 4.98 Å². The van der Waals surface area contributed by atoms with Gasteiger partial charge in [0, 0.05) is 28.6 Å². The van der Waals surface area contributed by atoms with Crippen LogP contribution in [0.15, 0.2) is 125 Å². The average molecular weight is 561 g/mol. The second kappa shape index (κ2) is 11.2. The highest BCUT2D eigenvalue weighted by Gasteiger charge is 2.36. The fourth-order valence-electron chi connectivity index (χ4n) is 4.01. The lowest BCUT2D eigenvalue weighted by atomic mass is 10.1. The molecule has 41 heavy (non-hydrogen) atoms. The number of nitro benzene ring substituents is 1. The van der Waals surface area contributed by atoms with Gasteiger partial charge in [0.1, 0.15) is 17.2 Å². The van der Waals surface area contributed by atoms with Gasteiger partial charge in [-0.3, -0.25) is 20.3 Å². The molecule has 4 aromatic carbocycles. The molecule has 0 atom stereocenters. The molecule has 0 spiro atoms. The second-order valence-corrected chi connectivity index (χ2v) is 9.60. The predicted octanol–water partition coefficient (Wildman–Crippen LogP) is 6.73. The maximum absolute atomic E-state index is 13.6. The third-order valence-electron chi connectivity index (χ3n) is 6.04. The maximum atomic E-state index is 13.6. The Hall–Kier alpha value is -5.68. The highest BCUT2D eigenvalue weighted by Crippen LogP contribution is 2.30. The van der Waals surface area contributed by atoms with Gasteiger partial charge in [0.25, 0.3) is 5.69 Å². The van der Waals surface area contributed by atoms with Crippen LogP contribution < -0.4 is 15.2 Å². The van der Waals surface area contributed by atoms with Crippen LogP contribution in [0.4, 0.5) is 16.5 Å². The van der Waals surface area contributed by atoms with Crippen molar-refractivity contribution in [1.82, 2.24) is 4.98 Å². The van der Waals surface area contributed by atoms with E-state index >= 15 is 0 Å². The molecule has 1 aromatic heterocycles. The molecule has 0 radical (unpaired) electrons. The number of anilines is 2. The number of hydrogen-bond donors (Lipinski definition) is 1. The number of thiazole rings is 1. The third kappa shape index (κ3) is 5.56. The molecule has 1 aliphatic rings. The summed E-state index contributed by atoms with van der Waals surface area (Å²) in [7, 11) is 0. The lowest BCUT2D eigenvalue weighted by Crippen LogP contribution is -2.28. The predicted molar refractivity (Wildman–Crippen MR) is 159 cm³/mol. The van der Waals surface area contributed by atoms with Crippen molar-refractivity contribution in [3.05, 3.63) is 130 Å². The van der Waals surface area contributed by atoms with Gasteiger partial charge in [0.2, 0.25) is 5.13 Å². The number of rotatable bonds is 8. The number of nitro groups is 1. The van der Waals surface area contributed by atoms with Crippen LogP contribution in [0.1, 0.15) is 5.56 Å². The van der Waals surface area contributed by atoms with Crippen molar-refractivity contribution in [1.29, 1.82) is 0 Å². The van der Waals surface area contributed by atoms with Crippen LogP contribution in [0.5, 0.6) is 11.5 Å². The van der Waals surface area contributed by atoms with E-state index in [1.807, 2.05) is 66.0 Å². The summed E-state index contributed by atoms with van der Waals surface area (Å²) < 4.78 is 5.83. The number of hydrogen-bond acceptors (Lipinski definition) is 9. The summed E-state index contributed by atoms with van der Waals surface area (Å²) in [6.45, 7) is 0. The fraction of sp³-hybridized carbons (Fsp3) is 0. The molecule has 10 nitrogen and oxygen atoms in total. The Morgan fingerprint density at radius 3 is 2.17 bits per heavy atom. The number of nitrogens with one attached hydrogen (secondary N) is 1. The molecule has 200 valence electrons. The van der Waals surface area contributed by atoms with Gasteiger partial charge < -0.3 is 4.74 Å². The quantitative estimate of drug-likeness (QED) is 0.166. The molecule has 0 bridgehead atoms. The summed E-state index contributed by atoms with van der Waals surface area (Å²) in [5.41, 5.74) is 5.90. The number of ether oxygens (including phenoxy) is 1. The Balaban J connectivity index is 1.28. The Labute approximate surface area is 238 Å². The molecule has 6 rings (SSSR count). The van der Waals surface area contributed by atoms with Crippen molar-refractivity contribution in [3.8, 4) is 22.8 Å². The van der Waals surface area contributed by atoms with Crippen molar-refractivity contribution in [3.63, 3.8) is 0 Å². The molecule has 11 heteroatoms. The van der Waals surface area contributed by atoms with E-state index in [1.54, 1.807) is 24.3 Å². The maximum Gasteiger partial charge on any atom is 0.303 e. The number of carbonyl (C=O) groups excluding carboxylic acids is 1. The molecule has 0 aliphatic carbocycles. The first-order valence-electron chi connectivity index (χ1n) is 12.4. The van der Waals surface area contributed by atoms with Crippen molar-refractivity contribution in [2.45, 2.75) is 0 Å². The summed E-state index contributed by atoms with van der Waals surface area (Å²) in [5, 5.41) is 23.5. The van der Waals surface area contributed by atoms with Gasteiger partial charge in [-0.15, -0.1) is 11.3 Å². The summed E-state index contributed by atoms with van der Waals surface area (Å²) in [5.74, 6) is 0.874. The fourth-order valence-corrected chi connectivity index (χ4v) is 4.79. The molecule has 0 saturated carbocycles. The summed E-state index contributed by atoms with van der Waals surface area (Å²) >= 11 is 1.28.